The number of anilines is 1. The molecule has 0 aliphatic heterocycles. The zero-order valence-corrected chi connectivity index (χ0v) is 8.96. The van der Waals surface area contributed by atoms with Gasteiger partial charge in [0.05, 0.1) is 0 Å². The molecule has 0 radical (unpaired) electrons. The first-order valence-electron chi connectivity index (χ1n) is 4.87. The van der Waals surface area contributed by atoms with E-state index in [2.05, 4.69) is 42.8 Å². The average molecular weight is 178 g/mol. The van der Waals surface area contributed by atoms with E-state index in [0.29, 0.717) is 0 Å². The molecule has 0 saturated heterocycles. The van der Waals surface area contributed by atoms with Gasteiger partial charge in [0.25, 0.3) is 0 Å². The molecule has 1 heterocycles. The summed E-state index contributed by atoms with van der Waals surface area (Å²) in [5.74, 6) is 1.10. The van der Waals surface area contributed by atoms with Gasteiger partial charge >= 0.3 is 0 Å². The first-order chi connectivity index (χ1) is 6.17. The van der Waals surface area contributed by atoms with E-state index in [1.165, 1.54) is 5.56 Å². The Hall–Kier alpha value is -1.05. The van der Waals surface area contributed by atoms with Crippen molar-refractivity contribution < 1.29 is 0 Å². The molecule has 0 aliphatic rings. The Kier molecular flexibility index (Phi) is 3.29. The topological polar surface area (TPSA) is 16.1 Å². The Labute approximate surface area is 80.6 Å². The summed E-state index contributed by atoms with van der Waals surface area (Å²) in [5, 5.41) is 0. The van der Waals surface area contributed by atoms with Gasteiger partial charge in [-0.15, -0.1) is 0 Å². The molecule has 0 spiro atoms. The molecule has 72 valence electrons. The number of rotatable bonds is 3. The van der Waals surface area contributed by atoms with Crippen molar-refractivity contribution in [2.75, 3.05) is 18.0 Å². The number of aromatic nitrogens is 1. The molecule has 13 heavy (non-hydrogen) atoms. The van der Waals surface area contributed by atoms with Crippen LogP contribution < -0.4 is 4.90 Å². The number of aryl methyl sites for hydroxylation is 2. The highest BCUT2D eigenvalue weighted by molar-refractivity contribution is 5.41. The molecule has 0 amide bonds. The van der Waals surface area contributed by atoms with Crippen molar-refractivity contribution in [1.29, 1.82) is 0 Å². The third-order valence-electron chi connectivity index (χ3n) is 2.17. The van der Waals surface area contributed by atoms with E-state index < -0.39 is 0 Å². The van der Waals surface area contributed by atoms with Crippen LogP contribution in [0, 0.1) is 13.8 Å². The zero-order chi connectivity index (χ0) is 9.84. The van der Waals surface area contributed by atoms with Gasteiger partial charge in [0.15, 0.2) is 0 Å². The summed E-state index contributed by atoms with van der Waals surface area (Å²) in [6, 6.07) is 4.24. The van der Waals surface area contributed by atoms with Gasteiger partial charge in [0.1, 0.15) is 5.82 Å². The Morgan fingerprint density at radius 3 is 2.23 bits per heavy atom. The average Bonchev–Trinajstić information content (AvgIpc) is 2.04. The quantitative estimate of drug-likeness (QED) is 0.707. The Morgan fingerprint density at radius 2 is 1.77 bits per heavy atom. The summed E-state index contributed by atoms with van der Waals surface area (Å²) in [6.07, 6.45) is 0. The summed E-state index contributed by atoms with van der Waals surface area (Å²) in [7, 11) is 0. The molecule has 0 aromatic carbocycles. The number of hydrogen-bond acceptors (Lipinski definition) is 2. The van der Waals surface area contributed by atoms with Crippen molar-refractivity contribution in [3.05, 3.63) is 23.4 Å². The molecule has 1 aromatic rings. The van der Waals surface area contributed by atoms with Crippen LogP contribution in [0.1, 0.15) is 25.1 Å². The van der Waals surface area contributed by atoms with E-state index in [9.17, 15) is 0 Å². The normalized spacial score (nSPS) is 10.2. The first-order valence-corrected chi connectivity index (χ1v) is 4.87. The van der Waals surface area contributed by atoms with E-state index in [-0.39, 0.29) is 0 Å². The van der Waals surface area contributed by atoms with Crippen LogP contribution in [0.2, 0.25) is 0 Å². The molecule has 0 unspecified atom stereocenters. The molecule has 1 rings (SSSR count). The highest BCUT2D eigenvalue weighted by atomic mass is 15.2. The van der Waals surface area contributed by atoms with E-state index in [0.717, 1.165) is 24.6 Å². The number of pyridine rings is 1. The van der Waals surface area contributed by atoms with Crippen molar-refractivity contribution in [2.24, 2.45) is 0 Å². The fraction of sp³-hybridized carbons (Fsp3) is 0.545. The lowest BCUT2D eigenvalue weighted by molar-refractivity contribution is 0.841. The summed E-state index contributed by atoms with van der Waals surface area (Å²) in [5.41, 5.74) is 2.39. The van der Waals surface area contributed by atoms with Gasteiger partial charge < -0.3 is 4.90 Å². The minimum Gasteiger partial charge on any atom is -0.357 e. The van der Waals surface area contributed by atoms with E-state index in [4.69, 9.17) is 0 Å². The molecular formula is C11H18N2. The van der Waals surface area contributed by atoms with Crippen LogP contribution >= 0.6 is 0 Å². The SMILES string of the molecule is CCN(CC)c1cc(C)cc(C)n1. The van der Waals surface area contributed by atoms with Crippen molar-refractivity contribution in [3.8, 4) is 0 Å². The highest BCUT2D eigenvalue weighted by Gasteiger charge is 2.03. The lowest BCUT2D eigenvalue weighted by Crippen LogP contribution is -2.23. The van der Waals surface area contributed by atoms with Gasteiger partial charge in [-0.25, -0.2) is 4.98 Å². The predicted molar refractivity (Wildman–Crippen MR) is 57.3 cm³/mol. The van der Waals surface area contributed by atoms with Crippen LogP contribution in [-0.2, 0) is 0 Å². The Morgan fingerprint density at radius 1 is 1.15 bits per heavy atom. The zero-order valence-electron chi connectivity index (χ0n) is 8.96. The summed E-state index contributed by atoms with van der Waals surface area (Å²) >= 11 is 0. The minimum absolute atomic E-state index is 1.02. The van der Waals surface area contributed by atoms with Gasteiger partial charge in [-0.2, -0.15) is 0 Å². The second-order valence-corrected chi connectivity index (χ2v) is 3.32. The molecule has 0 saturated carbocycles. The lowest BCUT2D eigenvalue weighted by Gasteiger charge is -2.20. The number of nitrogens with zero attached hydrogens (tertiary/aromatic N) is 2. The van der Waals surface area contributed by atoms with Crippen LogP contribution in [0.4, 0.5) is 5.82 Å². The maximum Gasteiger partial charge on any atom is 0.129 e. The van der Waals surface area contributed by atoms with Gasteiger partial charge in [0, 0.05) is 18.8 Å². The van der Waals surface area contributed by atoms with Gasteiger partial charge in [-0.05, 0) is 45.4 Å². The molecule has 0 atom stereocenters. The molecule has 0 fully saturated rings. The smallest absolute Gasteiger partial charge is 0.129 e. The first kappa shape index (κ1) is 10.0. The standard InChI is InChI=1S/C11H18N2/c1-5-13(6-2)11-8-9(3)7-10(4)12-11/h7-8H,5-6H2,1-4H3. The van der Waals surface area contributed by atoms with Crippen molar-refractivity contribution >= 4 is 5.82 Å². The van der Waals surface area contributed by atoms with Gasteiger partial charge in [0.2, 0.25) is 0 Å². The van der Waals surface area contributed by atoms with E-state index in [1.54, 1.807) is 0 Å². The molecule has 0 aliphatic carbocycles. The Balaban J connectivity index is 2.99. The molecular weight excluding hydrogens is 160 g/mol. The van der Waals surface area contributed by atoms with Crippen LogP contribution in [0.3, 0.4) is 0 Å². The maximum atomic E-state index is 4.50. The molecule has 2 nitrogen and oxygen atoms in total. The summed E-state index contributed by atoms with van der Waals surface area (Å²) in [4.78, 5) is 6.77. The monoisotopic (exact) mass is 178 g/mol. The van der Waals surface area contributed by atoms with Crippen molar-refractivity contribution in [3.63, 3.8) is 0 Å². The molecule has 2 heteroatoms. The van der Waals surface area contributed by atoms with Gasteiger partial charge in [-0.3, -0.25) is 0 Å². The van der Waals surface area contributed by atoms with Crippen LogP contribution in [0.25, 0.3) is 0 Å². The predicted octanol–water partition coefficient (Wildman–Crippen LogP) is 2.54. The summed E-state index contributed by atoms with van der Waals surface area (Å²) < 4.78 is 0. The van der Waals surface area contributed by atoms with Crippen molar-refractivity contribution in [2.45, 2.75) is 27.7 Å². The second kappa shape index (κ2) is 4.26. The number of hydrogen-bond donors (Lipinski definition) is 0. The van der Waals surface area contributed by atoms with Crippen LogP contribution in [0.5, 0.6) is 0 Å². The summed E-state index contributed by atoms with van der Waals surface area (Å²) in [6.45, 7) is 10.5. The fourth-order valence-corrected chi connectivity index (χ4v) is 1.53. The maximum absolute atomic E-state index is 4.50. The van der Waals surface area contributed by atoms with E-state index >= 15 is 0 Å². The van der Waals surface area contributed by atoms with Crippen LogP contribution in [-0.4, -0.2) is 18.1 Å². The Bertz CT molecular complexity index is 257. The minimum atomic E-state index is 1.02. The largest absolute Gasteiger partial charge is 0.357 e. The molecule has 0 N–H and O–H groups in total. The third kappa shape index (κ3) is 2.44. The van der Waals surface area contributed by atoms with Gasteiger partial charge in [-0.1, -0.05) is 0 Å². The molecule has 1 aromatic heterocycles. The second-order valence-electron chi connectivity index (χ2n) is 3.32. The molecule has 0 bridgehead atoms. The lowest BCUT2D eigenvalue weighted by atomic mass is 10.2. The third-order valence-corrected chi connectivity index (χ3v) is 2.17. The van der Waals surface area contributed by atoms with E-state index in [1.807, 2.05) is 6.92 Å². The highest BCUT2D eigenvalue weighted by Crippen LogP contribution is 2.13. The van der Waals surface area contributed by atoms with Crippen LogP contribution in [0.15, 0.2) is 12.1 Å². The fourth-order valence-electron chi connectivity index (χ4n) is 1.53. The van der Waals surface area contributed by atoms with Crippen molar-refractivity contribution in [1.82, 2.24) is 4.98 Å².